The number of carbonyl (C=O) groups is 1. The van der Waals surface area contributed by atoms with Crippen LogP contribution in [0.1, 0.15) is 40.0 Å². The highest BCUT2D eigenvalue weighted by atomic mass is 79.9. The van der Waals surface area contributed by atoms with Crippen molar-refractivity contribution < 1.29 is 4.79 Å². The van der Waals surface area contributed by atoms with Gasteiger partial charge in [-0.2, -0.15) is 0 Å². The summed E-state index contributed by atoms with van der Waals surface area (Å²) in [6.45, 7) is 6.39. The monoisotopic (exact) mass is 232 g/mol. The Morgan fingerprint density at radius 2 is 2.17 bits per heavy atom. The van der Waals surface area contributed by atoms with E-state index in [0.717, 1.165) is 12.8 Å². The number of hydrogen-bond donors (Lipinski definition) is 0. The van der Waals surface area contributed by atoms with E-state index in [1.807, 2.05) is 0 Å². The molecule has 2 unspecified atom stereocenters. The Kier molecular flexibility index (Phi) is 2.97. The van der Waals surface area contributed by atoms with Crippen molar-refractivity contribution in [1.29, 1.82) is 0 Å². The van der Waals surface area contributed by atoms with Gasteiger partial charge in [-0.1, -0.05) is 29.8 Å². The van der Waals surface area contributed by atoms with Crippen LogP contribution in [0, 0.1) is 11.8 Å². The molecule has 1 saturated carbocycles. The molecule has 2 atom stereocenters. The van der Waals surface area contributed by atoms with Crippen molar-refractivity contribution in [3.05, 3.63) is 0 Å². The lowest BCUT2D eigenvalue weighted by molar-refractivity contribution is -0.126. The van der Waals surface area contributed by atoms with Crippen LogP contribution in [0.3, 0.4) is 0 Å². The van der Waals surface area contributed by atoms with Gasteiger partial charge in [0, 0.05) is 16.7 Å². The molecule has 0 radical (unpaired) electrons. The van der Waals surface area contributed by atoms with Crippen LogP contribution in [0.2, 0.25) is 0 Å². The Hall–Kier alpha value is 0.150. The van der Waals surface area contributed by atoms with Gasteiger partial charge in [0.1, 0.15) is 5.78 Å². The van der Waals surface area contributed by atoms with Crippen LogP contribution in [-0.2, 0) is 4.79 Å². The van der Waals surface area contributed by atoms with Crippen molar-refractivity contribution >= 4 is 21.7 Å². The minimum Gasteiger partial charge on any atom is -0.299 e. The van der Waals surface area contributed by atoms with Crippen LogP contribution < -0.4 is 0 Å². The molecule has 1 nitrogen and oxygen atoms in total. The highest BCUT2D eigenvalue weighted by Crippen LogP contribution is 2.38. The Bertz CT molecular complexity index is 184. The van der Waals surface area contributed by atoms with Crippen LogP contribution in [0.15, 0.2) is 0 Å². The molecule has 70 valence electrons. The zero-order valence-electron chi connectivity index (χ0n) is 8.06. The normalized spacial score (nSPS) is 37.4. The molecule has 2 heteroatoms. The van der Waals surface area contributed by atoms with E-state index >= 15 is 0 Å². The SMILES string of the molecule is CC(C)C1CCC(C)(Br)CC1=O. The fourth-order valence-corrected chi connectivity index (χ4v) is 2.41. The molecular weight excluding hydrogens is 216 g/mol. The smallest absolute Gasteiger partial charge is 0.137 e. The van der Waals surface area contributed by atoms with E-state index < -0.39 is 0 Å². The predicted octanol–water partition coefficient (Wildman–Crippen LogP) is 3.17. The maximum atomic E-state index is 11.6. The topological polar surface area (TPSA) is 17.1 Å². The molecule has 0 aromatic rings. The molecule has 1 rings (SSSR count). The van der Waals surface area contributed by atoms with E-state index in [4.69, 9.17) is 0 Å². The average molecular weight is 233 g/mol. The first-order valence-corrected chi connectivity index (χ1v) is 5.43. The molecule has 0 N–H and O–H groups in total. The summed E-state index contributed by atoms with van der Waals surface area (Å²) >= 11 is 3.59. The van der Waals surface area contributed by atoms with Crippen molar-refractivity contribution in [3.8, 4) is 0 Å². The summed E-state index contributed by atoms with van der Waals surface area (Å²) in [5.41, 5.74) is 0. The van der Waals surface area contributed by atoms with Crippen molar-refractivity contribution in [3.63, 3.8) is 0 Å². The van der Waals surface area contributed by atoms with Gasteiger partial charge in [0.2, 0.25) is 0 Å². The summed E-state index contributed by atoms with van der Waals surface area (Å²) in [5.74, 6) is 1.27. The highest BCUT2D eigenvalue weighted by molar-refractivity contribution is 9.10. The summed E-state index contributed by atoms with van der Waals surface area (Å²) in [4.78, 5) is 11.6. The summed E-state index contributed by atoms with van der Waals surface area (Å²) < 4.78 is 0.0788. The number of rotatable bonds is 1. The van der Waals surface area contributed by atoms with Crippen LogP contribution in [0.5, 0.6) is 0 Å². The third-order valence-corrected chi connectivity index (χ3v) is 3.41. The number of hydrogen-bond acceptors (Lipinski definition) is 1. The molecule has 12 heavy (non-hydrogen) atoms. The maximum Gasteiger partial charge on any atom is 0.137 e. The van der Waals surface area contributed by atoms with E-state index in [1.165, 1.54) is 0 Å². The van der Waals surface area contributed by atoms with E-state index in [1.54, 1.807) is 0 Å². The molecule has 1 fully saturated rings. The molecule has 0 aromatic carbocycles. The largest absolute Gasteiger partial charge is 0.299 e. The van der Waals surface area contributed by atoms with Gasteiger partial charge in [0.15, 0.2) is 0 Å². The third kappa shape index (κ3) is 2.32. The minimum atomic E-state index is 0.0788. The first kappa shape index (κ1) is 10.2. The Balaban J connectivity index is 2.60. The van der Waals surface area contributed by atoms with Crippen molar-refractivity contribution in [1.82, 2.24) is 0 Å². The van der Waals surface area contributed by atoms with Crippen LogP contribution >= 0.6 is 15.9 Å². The lowest BCUT2D eigenvalue weighted by Crippen LogP contribution is -2.34. The van der Waals surface area contributed by atoms with Gasteiger partial charge in [-0.05, 0) is 25.7 Å². The number of alkyl halides is 1. The fraction of sp³-hybridized carbons (Fsp3) is 0.900. The molecule has 0 amide bonds. The van der Waals surface area contributed by atoms with Crippen LogP contribution in [0.4, 0.5) is 0 Å². The standard InChI is InChI=1S/C10H17BrO/c1-7(2)8-4-5-10(3,11)6-9(8)12/h7-8H,4-6H2,1-3H3. The Labute approximate surface area is 83.0 Å². The Morgan fingerprint density at radius 1 is 1.58 bits per heavy atom. The maximum absolute atomic E-state index is 11.6. The van der Waals surface area contributed by atoms with Crippen molar-refractivity contribution in [2.45, 2.75) is 44.4 Å². The predicted molar refractivity (Wildman–Crippen MR) is 54.5 cm³/mol. The molecule has 0 aliphatic heterocycles. The van der Waals surface area contributed by atoms with Gasteiger partial charge in [0.05, 0.1) is 0 Å². The first-order chi connectivity index (χ1) is 5.42. The van der Waals surface area contributed by atoms with Gasteiger partial charge in [0.25, 0.3) is 0 Å². The molecule has 0 saturated heterocycles. The molecule has 1 aliphatic carbocycles. The lowest BCUT2D eigenvalue weighted by atomic mass is 9.76. The van der Waals surface area contributed by atoms with Crippen molar-refractivity contribution in [2.24, 2.45) is 11.8 Å². The molecule has 0 bridgehead atoms. The zero-order chi connectivity index (χ0) is 9.35. The minimum absolute atomic E-state index is 0.0788. The van der Waals surface area contributed by atoms with Crippen LogP contribution in [-0.4, -0.2) is 10.1 Å². The summed E-state index contributed by atoms with van der Waals surface area (Å²) in [5, 5.41) is 0. The summed E-state index contributed by atoms with van der Waals surface area (Å²) in [6.07, 6.45) is 2.88. The van der Waals surface area contributed by atoms with Gasteiger partial charge >= 0.3 is 0 Å². The van der Waals surface area contributed by atoms with Gasteiger partial charge in [-0.15, -0.1) is 0 Å². The second-order valence-electron chi connectivity index (χ2n) is 4.45. The summed E-state index contributed by atoms with van der Waals surface area (Å²) in [7, 11) is 0. The first-order valence-electron chi connectivity index (χ1n) is 4.64. The molecule has 0 heterocycles. The number of carbonyl (C=O) groups excluding carboxylic acids is 1. The van der Waals surface area contributed by atoms with Crippen molar-refractivity contribution in [2.75, 3.05) is 0 Å². The van der Waals surface area contributed by atoms with E-state index in [0.29, 0.717) is 24.0 Å². The molecular formula is C10H17BrO. The second-order valence-corrected chi connectivity index (χ2v) is 6.36. The quantitative estimate of drug-likeness (QED) is 0.636. The van der Waals surface area contributed by atoms with E-state index in [2.05, 4.69) is 36.7 Å². The third-order valence-electron chi connectivity index (χ3n) is 2.74. The Morgan fingerprint density at radius 3 is 2.58 bits per heavy atom. The highest BCUT2D eigenvalue weighted by Gasteiger charge is 2.35. The van der Waals surface area contributed by atoms with Gasteiger partial charge < -0.3 is 0 Å². The van der Waals surface area contributed by atoms with Gasteiger partial charge in [-0.3, -0.25) is 4.79 Å². The lowest BCUT2D eigenvalue weighted by Gasteiger charge is -2.33. The van der Waals surface area contributed by atoms with Crippen LogP contribution in [0.25, 0.3) is 0 Å². The van der Waals surface area contributed by atoms with E-state index in [9.17, 15) is 4.79 Å². The number of halogens is 1. The van der Waals surface area contributed by atoms with Gasteiger partial charge in [-0.25, -0.2) is 0 Å². The number of Topliss-reactive ketones (excluding diaryl/α,β-unsaturated/α-hetero) is 1. The second kappa shape index (κ2) is 3.49. The molecule has 0 aromatic heterocycles. The average Bonchev–Trinajstić information content (AvgIpc) is 1.83. The number of ketones is 1. The summed E-state index contributed by atoms with van der Waals surface area (Å²) in [6, 6.07) is 0. The molecule has 0 spiro atoms. The zero-order valence-corrected chi connectivity index (χ0v) is 9.65. The molecule has 1 aliphatic rings. The van der Waals surface area contributed by atoms with E-state index in [-0.39, 0.29) is 4.32 Å². The fourth-order valence-electron chi connectivity index (χ4n) is 1.91.